The van der Waals surface area contributed by atoms with E-state index < -0.39 is 0 Å². The summed E-state index contributed by atoms with van der Waals surface area (Å²) in [5, 5.41) is 8.43. The molecule has 0 aliphatic carbocycles. The Kier molecular flexibility index (Phi) is 8.07. The molecule has 0 amide bonds. The molecule has 0 saturated carbocycles. The summed E-state index contributed by atoms with van der Waals surface area (Å²) in [6.45, 7) is 0. The number of nitrogens with zero attached hydrogens (tertiary/aromatic N) is 1. The van der Waals surface area contributed by atoms with Gasteiger partial charge < -0.3 is 4.90 Å². The fourth-order valence-electron chi connectivity index (χ4n) is 1.09. The third kappa shape index (κ3) is 5.76. The van der Waals surface area contributed by atoms with Crippen LogP contribution in [0.1, 0.15) is 5.56 Å². The summed E-state index contributed by atoms with van der Waals surface area (Å²) in [7, 11) is 3.75. The minimum Gasteiger partial charge on any atom is -0.383 e. The maximum Gasteiger partial charge on any atom is 0.128 e. The molecule has 0 heterocycles. The number of rotatable bonds is 4. The van der Waals surface area contributed by atoms with Crippen molar-refractivity contribution in [3.63, 3.8) is 0 Å². The van der Waals surface area contributed by atoms with Crippen LogP contribution in [-0.2, 0) is 5.75 Å². The molecule has 1 N–H and O–H groups in total. The first-order valence-electron chi connectivity index (χ1n) is 4.99. The molecule has 0 atom stereocenters. The molecule has 0 fully saturated rings. The summed E-state index contributed by atoms with van der Waals surface area (Å²) < 4.78 is 13.4. The van der Waals surface area contributed by atoms with E-state index in [0.717, 1.165) is 0 Å². The maximum atomic E-state index is 13.4. The molecular weight excluding hydrogens is 294 g/mol. The molecule has 2 nitrogen and oxygen atoms in total. The lowest BCUT2D eigenvalue weighted by atomic mass is 10.2. The highest BCUT2D eigenvalue weighted by atomic mass is 35.5. The second-order valence-corrected chi connectivity index (χ2v) is 5.06. The summed E-state index contributed by atoms with van der Waals surface area (Å²) in [5.41, 5.74) is 0.446. The molecular formula is C12H15Cl2FN2S. The van der Waals surface area contributed by atoms with Gasteiger partial charge in [-0.3, -0.25) is 5.41 Å². The lowest BCUT2D eigenvalue weighted by molar-refractivity contribution is 0.564. The molecule has 0 saturated heterocycles. The molecule has 0 aliphatic heterocycles. The van der Waals surface area contributed by atoms with Gasteiger partial charge in [-0.2, -0.15) is 0 Å². The third-order valence-corrected chi connectivity index (χ3v) is 3.19. The average molecular weight is 309 g/mol. The summed E-state index contributed by atoms with van der Waals surface area (Å²) in [6.07, 6.45) is 3.44. The van der Waals surface area contributed by atoms with Crippen LogP contribution in [0.5, 0.6) is 0 Å². The number of hydrogen-bond donors (Lipinski definition) is 1. The third-order valence-electron chi connectivity index (χ3n) is 1.96. The lowest BCUT2D eigenvalue weighted by Crippen LogP contribution is -2.01. The van der Waals surface area contributed by atoms with E-state index in [9.17, 15) is 4.39 Å². The first kappa shape index (κ1) is 17.3. The first-order valence-corrected chi connectivity index (χ1v) is 6.36. The summed E-state index contributed by atoms with van der Waals surface area (Å²) >= 11 is 7.14. The number of thioether (sulfide) groups is 1. The van der Waals surface area contributed by atoms with E-state index in [2.05, 4.69) is 0 Å². The van der Waals surface area contributed by atoms with Gasteiger partial charge in [0.2, 0.25) is 0 Å². The van der Waals surface area contributed by atoms with Gasteiger partial charge in [0, 0.05) is 36.6 Å². The molecule has 1 rings (SSSR count). The van der Waals surface area contributed by atoms with Gasteiger partial charge in [0.25, 0.3) is 0 Å². The second kappa shape index (κ2) is 8.40. The molecule has 1 aromatic carbocycles. The quantitative estimate of drug-likeness (QED) is 0.667. The van der Waals surface area contributed by atoms with E-state index in [1.807, 2.05) is 19.0 Å². The standard InChI is InChI=1S/C12H14ClFN2S.ClH/c1-16(2)7-6-12(15)17-8-9-10(13)4-3-5-11(9)14;/h3-7,15H,8H2,1-2H3;1H. The van der Waals surface area contributed by atoms with Crippen molar-refractivity contribution in [3.05, 3.63) is 46.9 Å². The highest BCUT2D eigenvalue weighted by Gasteiger charge is 2.07. The maximum absolute atomic E-state index is 13.4. The zero-order valence-electron chi connectivity index (χ0n) is 10.1. The van der Waals surface area contributed by atoms with Gasteiger partial charge in [0.1, 0.15) is 5.82 Å². The van der Waals surface area contributed by atoms with Crippen molar-refractivity contribution in [3.8, 4) is 0 Å². The topological polar surface area (TPSA) is 27.1 Å². The molecule has 0 aromatic heterocycles. The summed E-state index contributed by atoms with van der Waals surface area (Å²) in [5.74, 6) is 0.0386. The minimum atomic E-state index is -0.325. The molecule has 0 unspecified atom stereocenters. The van der Waals surface area contributed by atoms with Gasteiger partial charge in [0.15, 0.2) is 0 Å². The molecule has 0 aliphatic rings. The van der Waals surface area contributed by atoms with Crippen molar-refractivity contribution in [1.29, 1.82) is 5.41 Å². The predicted molar refractivity (Wildman–Crippen MR) is 80.5 cm³/mol. The zero-order valence-corrected chi connectivity index (χ0v) is 12.5. The van der Waals surface area contributed by atoms with Crippen LogP contribution in [0.3, 0.4) is 0 Å². The van der Waals surface area contributed by atoms with E-state index in [4.69, 9.17) is 17.0 Å². The first-order chi connectivity index (χ1) is 8.00. The van der Waals surface area contributed by atoms with E-state index in [1.165, 1.54) is 17.8 Å². The number of halogens is 3. The Morgan fingerprint density at radius 1 is 1.50 bits per heavy atom. The molecule has 18 heavy (non-hydrogen) atoms. The Morgan fingerprint density at radius 2 is 2.17 bits per heavy atom. The van der Waals surface area contributed by atoms with Crippen molar-refractivity contribution < 1.29 is 4.39 Å². The van der Waals surface area contributed by atoms with Crippen LogP contribution in [-0.4, -0.2) is 24.0 Å². The monoisotopic (exact) mass is 308 g/mol. The van der Waals surface area contributed by atoms with Gasteiger partial charge in [-0.15, -0.1) is 24.2 Å². The number of benzene rings is 1. The van der Waals surface area contributed by atoms with Gasteiger partial charge in [-0.1, -0.05) is 17.7 Å². The van der Waals surface area contributed by atoms with Crippen LogP contribution >= 0.6 is 35.8 Å². The predicted octanol–water partition coefficient (Wildman–Crippen LogP) is 4.19. The Bertz CT molecular complexity index is 416. The Balaban J connectivity index is 0.00000289. The van der Waals surface area contributed by atoms with E-state index in [0.29, 0.717) is 21.4 Å². The second-order valence-electron chi connectivity index (χ2n) is 3.63. The van der Waals surface area contributed by atoms with E-state index in [1.54, 1.807) is 24.4 Å². The van der Waals surface area contributed by atoms with Crippen LogP contribution in [0.2, 0.25) is 5.02 Å². The average Bonchev–Trinajstić information content (AvgIpc) is 2.25. The highest BCUT2D eigenvalue weighted by Crippen LogP contribution is 2.24. The fraction of sp³-hybridized carbons (Fsp3) is 0.250. The van der Waals surface area contributed by atoms with E-state index in [-0.39, 0.29) is 18.2 Å². The molecule has 6 heteroatoms. The van der Waals surface area contributed by atoms with Gasteiger partial charge >= 0.3 is 0 Å². The fourth-order valence-corrected chi connectivity index (χ4v) is 2.14. The summed E-state index contributed by atoms with van der Waals surface area (Å²) in [6, 6.07) is 4.60. The summed E-state index contributed by atoms with van der Waals surface area (Å²) in [4.78, 5) is 1.84. The van der Waals surface area contributed by atoms with Crippen molar-refractivity contribution >= 4 is 40.8 Å². The van der Waals surface area contributed by atoms with Crippen molar-refractivity contribution in [2.24, 2.45) is 0 Å². The van der Waals surface area contributed by atoms with Gasteiger partial charge in [0.05, 0.1) is 5.04 Å². The highest BCUT2D eigenvalue weighted by molar-refractivity contribution is 8.13. The van der Waals surface area contributed by atoms with Crippen LogP contribution in [0, 0.1) is 11.2 Å². The number of hydrogen-bond acceptors (Lipinski definition) is 3. The Labute approximate surface area is 122 Å². The number of nitrogens with one attached hydrogen (secondary N) is 1. The van der Waals surface area contributed by atoms with Crippen molar-refractivity contribution in [1.82, 2.24) is 4.90 Å². The smallest absolute Gasteiger partial charge is 0.128 e. The van der Waals surface area contributed by atoms with E-state index >= 15 is 0 Å². The largest absolute Gasteiger partial charge is 0.383 e. The molecule has 0 radical (unpaired) electrons. The molecule has 100 valence electrons. The molecule has 0 spiro atoms. The SMILES string of the molecule is CN(C)C=CC(=N)SCc1c(F)cccc1Cl.Cl. The Hall–Kier alpha value is -0.710. The van der Waals surface area contributed by atoms with Crippen molar-refractivity contribution in [2.75, 3.05) is 14.1 Å². The van der Waals surface area contributed by atoms with Crippen molar-refractivity contribution in [2.45, 2.75) is 5.75 Å². The van der Waals surface area contributed by atoms with Gasteiger partial charge in [-0.05, 0) is 18.2 Å². The Morgan fingerprint density at radius 3 is 2.72 bits per heavy atom. The normalized spacial score (nSPS) is 10.2. The van der Waals surface area contributed by atoms with Crippen LogP contribution in [0.4, 0.5) is 4.39 Å². The lowest BCUT2D eigenvalue weighted by Gasteiger charge is -2.06. The zero-order chi connectivity index (χ0) is 12.8. The van der Waals surface area contributed by atoms with Crippen LogP contribution < -0.4 is 0 Å². The minimum absolute atomic E-state index is 0. The molecule has 1 aromatic rings. The van der Waals surface area contributed by atoms with Gasteiger partial charge in [-0.25, -0.2) is 4.39 Å². The van der Waals surface area contributed by atoms with Crippen LogP contribution in [0.25, 0.3) is 0 Å². The van der Waals surface area contributed by atoms with Crippen LogP contribution in [0.15, 0.2) is 30.5 Å². The molecule has 0 bridgehead atoms.